The van der Waals surface area contributed by atoms with Gasteiger partial charge in [0.15, 0.2) is 5.79 Å². The topological polar surface area (TPSA) is 95.7 Å². The minimum Gasteiger partial charge on any atom is -0.493 e. The van der Waals surface area contributed by atoms with E-state index < -0.39 is 16.6 Å². The summed E-state index contributed by atoms with van der Waals surface area (Å²) < 4.78 is 30.1. The second kappa shape index (κ2) is 10.3. The molecule has 2 aromatic rings. The Morgan fingerprint density at radius 3 is 2.74 bits per heavy atom. The van der Waals surface area contributed by atoms with Crippen LogP contribution in [0.3, 0.4) is 0 Å². The van der Waals surface area contributed by atoms with Gasteiger partial charge in [0.05, 0.1) is 58.5 Å². The lowest BCUT2D eigenvalue weighted by atomic mass is 10.1. The van der Waals surface area contributed by atoms with Gasteiger partial charge < -0.3 is 25.3 Å². The molecule has 8 heteroatoms. The van der Waals surface area contributed by atoms with Crippen LogP contribution >= 0.6 is 0 Å². The molecule has 0 aliphatic carbocycles. The molecule has 3 rings (SSSR count). The number of nitrogens with two attached hydrogens (primary N) is 1. The second-order valence-electron chi connectivity index (χ2n) is 8.03. The van der Waals surface area contributed by atoms with E-state index in [2.05, 4.69) is 16.9 Å². The molecule has 1 atom stereocenters. The van der Waals surface area contributed by atoms with Crippen molar-refractivity contribution in [3.05, 3.63) is 59.4 Å². The van der Waals surface area contributed by atoms with E-state index in [0.29, 0.717) is 47.8 Å². The van der Waals surface area contributed by atoms with E-state index in [1.807, 2.05) is 45.0 Å². The van der Waals surface area contributed by atoms with Crippen molar-refractivity contribution in [2.45, 2.75) is 38.7 Å². The van der Waals surface area contributed by atoms with Crippen LogP contribution in [0.5, 0.6) is 5.75 Å². The van der Waals surface area contributed by atoms with Crippen molar-refractivity contribution >= 4 is 22.2 Å². The summed E-state index contributed by atoms with van der Waals surface area (Å²) in [6.07, 6.45) is 2.51. The summed E-state index contributed by atoms with van der Waals surface area (Å²) in [6.45, 7) is 11.5. The lowest BCUT2D eigenvalue weighted by Crippen LogP contribution is -2.39. The fraction of sp³-hybridized carbons (Fsp3) is 0.435. The number of nitrogens with zero attached hydrogens (tertiary/aromatic N) is 1. The fourth-order valence-electron chi connectivity index (χ4n) is 3.12. The van der Waals surface area contributed by atoms with Crippen LogP contribution in [0.2, 0.25) is 0 Å². The van der Waals surface area contributed by atoms with E-state index in [0.717, 1.165) is 17.7 Å². The third-order valence-corrected chi connectivity index (χ3v) is 6.34. The zero-order valence-electron chi connectivity index (χ0n) is 18.3. The van der Waals surface area contributed by atoms with Gasteiger partial charge in [0, 0.05) is 17.7 Å². The van der Waals surface area contributed by atoms with Gasteiger partial charge in [-0.15, -0.1) is 0 Å². The third kappa shape index (κ3) is 6.53. The van der Waals surface area contributed by atoms with Crippen LogP contribution in [0, 0.1) is 12.8 Å². The molecule has 3 N–H and O–H groups in total. The van der Waals surface area contributed by atoms with E-state index in [4.69, 9.17) is 19.9 Å². The van der Waals surface area contributed by atoms with E-state index in [9.17, 15) is 4.21 Å². The third-order valence-electron chi connectivity index (χ3n) is 5.15. The Morgan fingerprint density at radius 1 is 1.32 bits per heavy atom. The van der Waals surface area contributed by atoms with Gasteiger partial charge in [-0.25, -0.2) is 0 Å². The average Bonchev–Trinajstić information content (AvgIpc) is 2.73. The molecular weight excluding hydrogens is 414 g/mol. The first kappa shape index (κ1) is 23.2. The summed E-state index contributed by atoms with van der Waals surface area (Å²) in [5.41, 5.74) is 8.77. The number of hydrogen-bond donors (Lipinski definition) is 2. The van der Waals surface area contributed by atoms with Crippen molar-refractivity contribution in [2.75, 3.05) is 30.9 Å². The largest absolute Gasteiger partial charge is 0.493 e. The molecular formula is C23H31N3O4S. The number of nitrogens with one attached hydrogen (secondary N) is 1. The Morgan fingerprint density at radius 2 is 2.03 bits per heavy atom. The molecule has 0 bridgehead atoms. The molecule has 0 spiro atoms. The number of rotatable bonds is 9. The van der Waals surface area contributed by atoms with Crippen molar-refractivity contribution in [2.24, 2.45) is 5.92 Å². The number of anilines is 2. The highest BCUT2D eigenvalue weighted by Gasteiger charge is 2.28. The first-order chi connectivity index (χ1) is 14.7. The molecule has 1 aliphatic rings. The second-order valence-corrected chi connectivity index (χ2v) is 9.50. The molecule has 1 fully saturated rings. The van der Waals surface area contributed by atoms with E-state index in [1.54, 1.807) is 12.3 Å². The molecule has 1 aromatic carbocycles. The maximum atomic E-state index is 12.8. The molecule has 31 heavy (non-hydrogen) atoms. The molecule has 168 valence electrons. The van der Waals surface area contributed by atoms with Crippen LogP contribution in [0.1, 0.15) is 31.5 Å². The molecule has 0 radical (unpaired) electrons. The van der Waals surface area contributed by atoms with Gasteiger partial charge in [0.2, 0.25) is 0 Å². The van der Waals surface area contributed by atoms with Crippen LogP contribution < -0.4 is 15.8 Å². The van der Waals surface area contributed by atoms with Crippen molar-refractivity contribution in [3.63, 3.8) is 0 Å². The minimum absolute atomic E-state index is 0.237. The number of aromatic nitrogens is 1. The zero-order valence-corrected chi connectivity index (χ0v) is 19.2. The Labute approximate surface area is 186 Å². The average molecular weight is 446 g/mol. The van der Waals surface area contributed by atoms with Gasteiger partial charge in [-0.3, -0.25) is 9.19 Å². The van der Waals surface area contributed by atoms with Crippen molar-refractivity contribution < 1.29 is 18.4 Å². The lowest BCUT2D eigenvalue weighted by molar-refractivity contribution is -0.263. The molecule has 7 nitrogen and oxygen atoms in total. The molecule has 2 heterocycles. The first-order valence-electron chi connectivity index (χ1n) is 10.3. The zero-order chi connectivity index (χ0) is 22.4. The standard InChI is InChI=1S/C23H31N3O4S/c1-16-21(15-31(27)17(2)26-20-8-6-5-7-19(20)24)25-11-9-22(16)28-12-10-18-13-29-23(3,4)30-14-18/h5-9,11,18,26H,2,10,12-15,24H2,1,3-4H3. The van der Waals surface area contributed by atoms with Crippen LogP contribution in [0.25, 0.3) is 0 Å². The van der Waals surface area contributed by atoms with Crippen LogP contribution in [-0.2, 0) is 26.0 Å². The summed E-state index contributed by atoms with van der Waals surface area (Å²) in [5.74, 6) is 0.781. The van der Waals surface area contributed by atoms with Crippen molar-refractivity contribution in [1.82, 2.24) is 4.98 Å². The normalized spacial score (nSPS) is 17.1. The van der Waals surface area contributed by atoms with Gasteiger partial charge in [0.25, 0.3) is 0 Å². The van der Waals surface area contributed by atoms with Gasteiger partial charge in [-0.2, -0.15) is 0 Å². The smallest absolute Gasteiger partial charge is 0.162 e. The van der Waals surface area contributed by atoms with Crippen LogP contribution in [-0.4, -0.2) is 34.8 Å². The van der Waals surface area contributed by atoms with Gasteiger partial charge >= 0.3 is 0 Å². The highest BCUT2D eigenvalue weighted by molar-refractivity contribution is 7.88. The molecule has 0 amide bonds. The Bertz CT molecular complexity index is 938. The Kier molecular flexibility index (Phi) is 7.69. The van der Waals surface area contributed by atoms with E-state index >= 15 is 0 Å². The summed E-state index contributed by atoms with van der Waals surface area (Å²) in [4.78, 5) is 4.39. The molecule has 1 saturated heterocycles. The minimum atomic E-state index is -1.37. The summed E-state index contributed by atoms with van der Waals surface area (Å²) in [7, 11) is -1.37. The van der Waals surface area contributed by atoms with Crippen LogP contribution in [0.15, 0.2) is 48.1 Å². The van der Waals surface area contributed by atoms with Crippen LogP contribution in [0.4, 0.5) is 11.4 Å². The van der Waals surface area contributed by atoms with E-state index in [-0.39, 0.29) is 5.75 Å². The number of para-hydroxylation sites is 2. The number of nitrogen functional groups attached to an aromatic ring is 1. The Hall–Kier alpha value is -2.42. The number of benzene rings is 1. The molecule has 1 unspecified atom stereocenters. The maximum Gasteiger partial charge on any atom is 0.162 e. The number of hydrogen-bond acceptors (Lipinski definition) is 7. The molecule has 0 saturated carbocycles. The lowest BCUT2D eigenvalue weighted by Gasteiger charge is -2.34. The molecule has 1 aromatic heterocycles. The maximum absolute atomic E-state index is 12.8. The highest BCUT2D eigenvalue weighted by atomic mass is 32.2. The summed E-state index contributed by atoms with van der Waals surface area (Å²) in [6, 6.07) is 9.12. The highest BCUT2D eigenvalue weighted by Crippen LogP contribution is 2.25. The SMILES string of the molecule is C=C(Nc1ccccc1N)S(=O)Cc1nccc(OCCC2COC(C)(C)OC2)c1C. The summed E-state index contributed by atoms with van der Waals surface area (Å²) >= 11 is 0. The van der Waals surface area contributed by atoms with Crippen molar-refractivity contribution in [3.8, 4) is 5.75 Å². The predicted molar refractivity (Wildman–Crippen MR) is 124 cm³/mol. The predicted octanol–water partition coefficient (Wildman–Crippen LogP) is 3.97. The van der Waals surface area contributed by atoms with Gasteiger partial charge in [-0.05, 0) is 45.4 Å². The summed E-state index contributed by atoms with van der Waals surface area (Å²) in [5, 5.41) is 3.42. The molecule has 1 aliphatic heterocycles. The van der Waals surface area contributed by atoms with Gasteiger partial charge in [0.1, 0.15) is 5.75 Å². The fourth-order valence-corrected chi connectivity index (χ4v) is 4.06. The Balaban J connectivity index is 1.53. The van der Waals surface area contributed by atoms with E-state index in [1.165, 1.54) is 0 Å². The van der Waals surface area contributed by atoms with Crippen molar-refractivity contribution in [1.29, 1.82) is 0 Å². The van der Waals surface area contributed by atoms with Gasteiger partial charge in [-0.1, -0.05) is 18.7 Å². The quantitative estimate of drug-likeness (QED) is 0.564. The monoisotopic (exact) mass is 445 g/mol. The first-order valence-corrected chi connectivity index (χ1v) is 11.6. The number of ether oxygens (including phenoxy) is 3. The number of pyridine rings is 1.